The van der Waals surface area contributed by atoms with E-state index in [2.05, 4.69) is 56.9 Å². The van der Waals surface area contributed by atoms with Gasteiger partial charge in [0.05, 0.1) is 0 Å². The summed E-state index contributed by atoms with van der Waals surface area (Å²) in [4.78, 5) is 2.59. The number of aryl methyl sites for hydroxylation is 1. The van der Waals surface area contributed by atoms with Crippen LogP contribution in [0.5, 0.6) is 0 Å². The molecule has 1 fully saturated rings. The van der Waals surface area contributed by atoms with E-state index in [9.17, 15) is 0 Å². The highest BCUT2D eigenvalue weighted by atomic mass is 15.1. The normalized spacial score (nSPS) is 22.1. The van der Waals surface area contributed by atoms with Gasteiger partial charge in [-0.2, -0.15) is 0 Å². The molecule has 0 radical (unpaired) electrons. The molecule has 0 spiro atoms. The lowest BCUT2D eigenvalue weighted by molar-refractivity contribution is 0.226. The summed E-state index contributed by atoms with van der Waals surface area (Å²) < 4.78 is 0. The van der Waals surface area contributed by atoms with Crippen molar-refractivity contribution in [2.45, 2.75) is 46.6 Å². The Morgan fingerprint density at radius 1 is 1.25 bits per heavy atom. The highest BCUT2D eigenvalue weighted by Crippen LogP contribution is 2.33. The molecule has 112 valence electrons. The molecule has 20 heavy (non-hydrogen) atoms. The topological polar surface area (TPSA) is 29.3 Å². The number of hydrogen-bond donors (Lipinski definition) is 1. The minimum Gasteiger partial charge on any atom is -0.324 e. The molecular formula is C18H30N2. The van der Waals surface area contributed by atoms with Crippen molar-refractivity contribution >= 4 is 0 Å². The molecule has 1 aliphatic heterocycles. The lowest BCUT2D eigenvalue weighted by atomic mass is 9.80. The quantitative estimate of drug-likeness (QED) is 0.906. The van der Waals surface area contributed by atoms with E-state index in [0.717, 1.165) is 18.9 Å². The van der Waals surface area contributed by atoms with Crippen molar-refractivity contribution in [1.82, 2.24) is 4.90 Å². The maximum Gasteiger partial charge on any atom is 0.0307 e. The van der Waals surface area contributed by atoms with Gasteiger partial charge in [0.1, 0.15) is 0 Å². The summed E-state index contributed by atoms with van der Waals surface area (Å²) in [7, 11) is 0. The van der Waals surface area contributed by atoms with Gasteiger partial charge in [-0.15, -0.1) is 0 Å². The van der Waals surface area contributed by atoms with Gasteiger partial charge >= 0.3 is 0 Å². The van der Waals surface area contributed by atoms with Gasteiger partial charge in [-0.3, -0.25) is 0 Å². The van der Waals surface area contributed by atoms with Crippen molar-refractivity contribution in [3.8, 4) is 0 Å². The molecule has 0 saturated carbocycles. The lowest BCUT2D eigenvalue weighted by Gasteiger charge is -2.27. The second-order valence-electron chi connectivity index (χ2n) is 7.46. The van der Waals surface area contributed by atoms with Gasteiger partial charge in [0.25, 0.3) is 0 Å². The lowest BCUT2D eigenvalue weighted by Crippen LogP contribution is -2.28. The zero-order valence-corrected chi connectivity index (χ0v) is 13.5. The molecule has 0 bridgehead atoms. The Morgan fingerprint density at radius 3 is 2.45 bits per heavy atom. The second-order valence-corrected chi connectivity index (χ2v) is 7.46. The maximum atomic E-state index is 6.32. The van der Waals surface area contributed by atoms with E-state index < -0.39 is 0 Å². The molecule has 2 nitrogen and oxygen atoms in total. The third-order valence-electron chi connectivity index (χ3n) is 4.76. The highest BCUT2D eigenvalue weighted by molar-refractivity contribution is 5.23. The fraction of sp³-hybridized carbons (Fsp3) is 0.667. The first kappa shape index (κ1) is 15.5. The van der Waals surface area contributed by atoms with Gasteiger partial charge in [-0.05, 0) is 49.8 Å². The van der Waals surface area contributed by atoms with Crippen LogP contribution in [0.1, 0.15) is 50.8 Å². The molecule has 2 rings (SSSR count). The van der Waals surface area contributed by atoms with E-state index in [1.165, 1.54) is 30.6 Å². The second kappa shape index (κ2) is 6.28. The van der Waals surface area contributed by atoms with Crippen molar-refractivity contribution in [1.29, 1.82) is 0 Å². The predicted molar refractivity (Wildman–Crippen MR) is 86.7 cm³/mol. The molecule has 0 aliphatic carbocycles. The molecule has 2 N–H and O–H groups in total. The summed E-state index contributed by atoms with van der Waals surface area (Å²) in [6.45, 7) is 12.8. The summed E-state index contributed by atoms with van der Waals surface area (Å²) in [6.07, 6.45) is 2.39. The summed E-state index contributed by atoms with van der Waals surface area (Å²) >= 11 is 0. The number of benzene rings is 1. The van der Waals surface area contributed by atoms with E-state index in [1.807, 2.05) is 0 Å². The third kappa shape index (κ3) is 4.07. The van der Waals surface area contributed by atoms with Crippen LogP contribution in [0.25, 0.3) is 0 Å². The fourth-order valence-electron chi connectivity index (χ4n) is 3.04. The van der Waals surface area contributed by atoms with Crippen LogP contribution in [-0.4, -0.2) is 24.5 Å². The Balaban J connectivity index is 1.80. The minimum absolute atomic E-state index is 0.171. The molecule has 2 atom stereocenters. The predicted octanol–water partition coefficient (Wildman–Crippen LogP) is 3.75. The molecular weight excluding hydrogens is 244 g/mol. The first-order valence-electron chi connectivity index (χ1n) is 7.91. The van der Waals surface area contributed by atoms with E-state index >= 15 is 0 Å². The summed E-state index contributed by atoms with van der Waals surface area (Å²) in [5.41, 5.74) is 9.32. The fourth-order valence-corrected chi connectivity index (χ4v) is 3.04. The van der Waals surface area contributed by atoms with Gasteiger partial charge in [0.15, 0.2) is 0 Å². The van der Waals surface area contributed by atoms with E-state index in [1.54, 1.807) is 0 Å². The molecule has 1 aromatic carbocycles. The third-order valence-corrected chi connectivity index (χ3v) is 4.76. The van der Waals surface area contributed by atoms with Crippen LogP contribution in [0.3, 0.4) is 0 Å². The Labute approximate surface area is 124 Å². The van der Waals surface area contributed by atoms with Crippen LogP contribution < -0.4 is 5.73 Å². The van der Waals surface area contributed by atoms with Crippen LogP contribution in [0.15, 0.2) is 24.3 Å². The average Bonchev–Trinajstić information content (AvgIpc) is 2.85. The molecule has 1 heterocycles. The zero-order valence-electron chi connectivity index (χ0n) is 13.5. The van der Waals surface area contributed by atoms with Crippen molar-refractivity contribution in [3.05, 3.63) is 35.4 Å². The highest BCUT2D eigenvalue weighted by Gasteiger charge is 2.31. The average molecular weight is 274 g/mol. The van der Waals surface area contributed by atoms with E-state index in [4.69, 9.17) is 5.73 Å². The maximum absolute atomic E-state index is 6.32. The summed E-state index contributed by atoms with van der Waals surface area (Å²) in [5, 5.41) is 0. The standard InChI is InChI=1S/C18H30N2/c1-14-5-7-15(8-6-14)17(19)10-12-20-11-9-16(13-20)18(2,3)4/h5-8,16-17H,9-13,19H2,1-4H3. The number of nitrogens with two attached hydrogens (primary N) is 1. The van der Waals surface area contributed by atoms with Crippen LogP contribution >= 0.6 is 0 Å². The Hall–Kier alpha value is -0.860. The summed E-state index contributed by atoms with van der Waals surface area (Å²) in [5.74, 6) is 0.832. The Bertz CT molecular complexity index is 416. The van der Waals surface area contributed by atoms with Crippen molar-refractivity contribution in [3.63, 3.8) is 0 Å². The minimum atomic E-state index is 0.171. The van der Waals surface area contributed by atoms with Crippen molar-refractivity contribution in [2.24, 2.45) is 17.1 Å². The van der Waals surface area contributed by atoms with Gasteiger partial charge in [0.2, 0.25) is 0 Å². The van der Waals surface area contributed by atoms with Gasteiger partial charge in [-0.25, -0.2) is 0 Å². The number of hydrogen-bond acceptors (Lipinski definition) is 2. The molecule has 1 aromatic rings. The first-order chi connectivity index (χ1) is 9.36. The summed E-state index contributed by atoms with van der Waals surface area (Å²) in [6, 6.07) is 8.81. The SMILES string of the molecule is Cc1ccc(C(N)CCN2CCC(C(C)(C)C)C2)cc1. The molecule has 1 aliphatic rings. The van der Waals surface area contributed by atoms with Crippen molar-refractivity contribution < 1.29 is 0 Å². The Kier molecular flexibility index (Phi) is 4.87. The van der Waals surface area contributed by atoms with Crippen molar-refractivity contribution in [2.75, 3.05) is 19.6 Å². The van der Waals surface area contributed by atoms with Gasteiger partial charge in [-0.1, -0.05) is 50.6 Å². The van der Waals surface area contributed by atoms with Crippen LogP contribution in [-0.2, 0) is 0 Å². The zero-order chi connectivity index (χ0) is 14.8. The van der Waals surface area contributed by atoms with Gasteiger partial charge in [0, 0.05) is 12.6 Å². The molecule has 1 saturated heterocycles. The molecule has 2 unspecified atom stereocenters. The molecule has 2 heteroatoms. The van der Waals surface area contributed by atoms with Crippen LogP contribution in [0.4, 0.5) is 0 Å². The van der Waals surface area contributed by atoms with Gasteiger partial charge < -0.3 is 10.6 Å². The number of rotatable bonds is 4. The van der Waals surface area contributed by atoms with Crippen LogP contribution in [0, 0.1) is 18.3 Å². The molecule has 0 aromatic heterocycles. The Morgan fingerprint density at radius 2 is 1.90 bits per heavy atom. The van der Waals surface area contributed by atoms with E-state index in [-0.39, 0.29) is 6.04 Å². The molecule has 0 amide bonds. The monoisotopic (exact) mass is 274 g/mol. The number of nitrogens with zero attached hydrogens (tertiary/aromatic N) is 1. The van der Waals surface area contributed by atoms with E-state index in [0.29, 0.717) is 5.41 Å². The largest absolute Gasteiger partial charge is 0.324 e. The first-order valence-corrected chi connectivity index (χ1v) is 7.91. The smallest absolute Gasteiger partial charge is 0.0307 e. The van der Waals surface area contributed by atoms with Crippen LogP contribution in [0.2, 0.25) is 0 Å². The number of likely N-dealkylation sites (tertiary alicyclic amines) is 1.